The van der Waals surface area contributed by atoms with Crippen molar-refractivity contribution in [3.8, 4) is 0 Å². The number of hydrogen-bond donors (Lipinski definition) is 1. The molecule has 2 rings (SSSR count). The third-order valence-electron chi connectivity index (χ3n) is 3.41. The van der Waals surface area contributed by atoms with E-state index in [-0.39, 0.29) is 23.2 Å². The average molecular weight is 288 g/mol. The number of aryl methyl sites for hydroxylation is 1. The molecule has 0 aliphatic carbocycles. The monoisotopic (exact) mass is 288 g/mol. The van der Waals surface area contributed by atoms with Crippen LogP contribution in [0.25, 0.3) is 0 Å². The second-order valence-corrected chi connectivity index (χ2v) is 4.81. The highest BCUT2D eigenvalue weighted by Gasteiger charge is 2.17. The highest BCUT2D eigenvalue weighted by molar-refractivity contribution is 5.95. The molecular weight excluding hydrogens is 272 g/mol. The van der Waals surface area contributed by atoms with Gasteiger partial charge in [-0.25, -0.2) is 0 Å². The number of rotatable bonds is 4. The fourth-order valence-electron chi connectivity index (χ4n) is 2.06. The largest absolute Gasteiger partial charge is 0.345 e. The number of benzene rings is 1. The zero-order valence-corrected chi connectivity index (χ0v) is 12.0. The molecule has 2 aromatic rings. The maximum absolute atomic E-state index is 12.2. The Kier molecular flexibility index (Phi) is 4.02. The summed E-state index contributed by atoms with van der Waals surface area (Å²) in [4.78, 5) is 22.4. The van der Waals surface area contributed by atoms with E-state index in [2.05, 4.69) is 10.4 Å². The first kappa shape index (κ1) is 14.7. The fourth-order valence-corrected chi connectivity index (χ4v) is 2.06. The molecule has 0 bridgehead atoms. The Bertz CT molecular complexity index is 693. The highest BCUT2D eigenvalue weighted by atomic mass is 16.6. The molecule has 0 radical (unpaired) electrons. The molecule has 0 saturated heterocycles. The molecule has 0 aliphatic heterocycles. The maximum Gasteiger partial charge on any atom is 0.270 e. The molecule has 1 aromatic carbocycles. The van der Waals surface area contributed by atoms with Gasteiger partial charge in [0, 0.05) is 36.0 Å². The summed E-state index contributed by atoms with van der Waals surface area (Å²) < 4.78 is 1.73. The standard InChI is InChI=1S/C14H16N4O3/c1-9(13-8-15-17(3)10(13)2)16-14(19)11-5-4-6-12(7-11)18(20)21/h4-9H,1-3H3,(H,16,19). The summed E-state index contributed by atoms with van der Waals surface area (Å²) in [5, 5.41) is 17.7. The van der Waals surface area contributed by atoms with E-state index >= 15 is 0 Å². The van der Waals surface area contributed by atoms with Gasteiger partial charge in [0.15, 0.2) is 0 Å². The van der Waals surface area contributed by atoms with Crippen molar-refractivity contribution in [2.75, 3.05) is 0 Å². The van der Waals surface area contributed by atoms with E-state index in [1.54, 1.807) is 16.9 Å². The number of non-ortho nitro benzene ring substituents is 1. The van der Waals surface area contributed by atoms with Crippen LogP contribution in [0.3, 0.4) is 0 Å². The summed E-state index contributed by atoms with van der Waals surface area (Å²) >= 11 is 0. The van der Waals surface area contributed by atoms with Gasteiger partial charge in [0.1, 0.15) is 0 Å². The number of nitro groups is 1. The van der Waals surface area contributed by atoms with E-state index < -0.39 is 4.92 Å². The Morgan fingerprint density at radius 2 is 2.19 bits per heavy atom. The van der Waals surface area contributed by atoms with Gasteiger partial charge in [-0.15, -0.1) is 0 Å². The number of carbonyl (C=O) groups excluding carboxylic acids is 1. The first-order valence-electron chi connectivity index (χ1n) is 6.44. The second-order valence-electron chi connectivity index (χ2n) is 4.81. The van der Waals surface area contributed by atoms with E-state index in [0.29, 0.717) is 0 Å². The van der Waals surface area contributed by atoms with Crippen molar-refractivity contribution in [1.29, 1.82) is 0 Å². The SMILES string of the molecule is Cc1c(C(C)NC(=O)c2cccc([N+](=O)[O-])c2)cnn1C. The highest BCUT2D eigenvalue weighted by Crippen LogP contribution is 2.18. The lowest BCUT2D eigenvalue weighted by atomic mass is 10.1. The molecule has 1 N–H and O–H groups in total. The van der Waals surface area contributed by atoms with Gasteiger partial charge in [0.25, 0.3) is 11.6 Å². The molecule has 0 spiro atoms. The summed E-state index contributed by atoms with van der Waals surface area (Å²) in [5.74, 6) is -0.352. The Morgan fingerprint density at radius 1 is 1.48 bits per heavy atom. The first-order chi connectivity index (χ1) is 9.90. The quantitative estimate of drug-likeness (QED) is 0.689. The predicted molar refractivity (Wildman–Crippen MR) is 76.9 cm³/mol. The maximum atomic E-state index is 12.2. The van der Waals surface area contributed by atoms with E-state index in [1.807, 2.05) is 20.9 Å². The minimum Gasteiger partial charge on any atom is -0.345 e. The van der Waals surface area contributed by atoms with E-state index in [4.69, 9.17) is 0 Å². The van der Waals surface area contributed by atoms with Crippen molar-refractivity contribution in [2.45, 2.75) is 19.9 Å². The first-order valence-corrected chi connectivity index (χ1v) is 6.44. The number of hydrogen-bond acceptors (Lipinski definition) is 4. The van der Waals surface area contributed by atoms with Gasteiger partial charge < -0.3 is 5.32 Å². The van der Waals surface area contributed by atoms with Crippen LogP contribution in [0, 0.1) is 17.0 Å². The van der Waals surface area contributed by atoms with Crippen LogP contribution in [0.4, 0.5) is 5.69 Å². The lowest BCUT2D eigenvalue weighted by molar-refractivity contribution is -0.384. The molecule has 7 nitrogen and oxygen atoms in total. The number of carbonyl (C=O) groups is 1. The van der Waals surface area contributed by atoms with E-state index in [9.17, 15) is 14.9 Å². The Hall–Kier alpha value is -2.70. The summed E-state index contributed by atoms with van der Waals surface area (Å²) in [6, 6.07) is 5.42. The smallest absolute Gasteiger partial charge is 0.270 e. The number of nitrogens with zero attached hydrogens (tertiary/aromatic N) is 3. The third-order valence-corrected chi connectivity index (χ3v) is 3.41. The molecule has 1 heterocycles. The molecule has 1 unspecified atom stereocenters. The van der Waals surface area contributed by atoms with Gasteiger partial charge in [-0.05, 0) is 19.9 Å². The number of nitro benzene ring substituents is 1. The molecule has 0 saturated carbocycles. The number of amides is 1. The van der Waals surface area contributed by atoms with Gasteiger partial charge in [-0.3, -0.25) is 19.6 Å². The number of aromatic nitrogens is 2. The Labute approximate surface area is 121 Å². The van der Waals surface area contributed by atoms with Crippen LogP contribution in [0.2, 0.25) is 0 Å². The average Bonchev–Trinajstić information content (AvgIpc) is 2.79. The second kappa shape index (κ2) is 5.74. The van der Waals surface area contributed by atoms with Crippen LogP contribution in [-0.2, 0) is 7.05 Å². The summed E-state index contributed by atoms with van der Waals surface area (Å²) in [6.07, 6.45) is 1.70. The van der Waals surface area contributed by atoms with Crippen molar-refractivity contribution < 1.29 is 9.72 Å². The van der Waals surface area contributed by atoms with Crippen molar-refractivity contribution in [3.05, 3.63) is 57.4 Å². The molecule has 110 valence electrons. The van der Waals surface area contributed by atoms with Crippen molar-refractivity contribution in [2.24, 2.45) is 7.05 Å². The fraction of sp³-hybridized carbons (Fsp3) is 0.286. The summed E-state index contributed by atoms with van der Waals surface area (Å²) in [7, 11) is 1.83. The third kappa shape index (κ3) is 3.07. The van der Waals surface area contributed by atoms with Gasteiger partial charge in [-0.1, -0.05) is 6.07 Å². The lowest BCUT2D eigenvalue weighted by Gasteiger charge is -2.13. The normalized spacial score (nSPS) is 12.0. The van der Waals surface area contributed by atoms with Gasteiger partial charge in [0.2, 0.25) is 0 Å². The van der Waals surface area contributed by atoms with Gasteiger partial charge in [0.05, 0.1) is 17.2 Å². The van der Waals surface area contributed by atoms with Crippen molar-refractivity contribution in [3.63, 3.8) is 0 Å². The molecule has 0 aliphatic rings. The van der Waals surface area contributed by atoms with Gasteiger partial charge >= 0.3 is 0 Å². The minimum absolute atomic E-state index is 0.104. The molecule has 0 fully saturated rings. The lowest BCUT2D eigenvalue weighted by Crippen LogP contribution is -2.27. The molecular formula is C14H16N4O3. The van der Waals surface area contributed by atoms with Crippen LogP contribution in [0.5, 0.6) is 0 Å². The van der Waals surface area contributed by atoms with Crippen LogP contribution in [0.15, 0.2) is 30.5 Å². The van der Waals surface area contributed by atoms with Crippen LogP contribution >= 0.6 is 0 Å². The van der Waals surface area contributed by atoms with E-state index in [0.717, 1.165) is 11.3 Å². The Morgan fingerprint density at radius 3 is 2.76 bits per heavy atom. The molecule has 21 heavy (non-hydrogen) atoms. The minimum atomic E-state index is -0.522. The van der Waals surface area contributed by atoms with Crippen LogP contribution in [0.1, 0.15) is 34.6 Å². The van der Waals surface area contributed by atoms with Gasteiger partial charge in [-0.2, -0.15) is 5.10 Å². The van der Waals surface area contributed by atoms with Crippen LogP contribution < -0.4 is 5.32 Å². The predicted octanol–water partition coefficient (Wildman–Crippen LogP) is 2.13. The molecule has 1 aromatic heterocycles. The summed E-state index contributed by atoms with van der Waals surface area (Å²) in [5.41, 5.74) is 2.03. The van der Waals surface area contributed by atoms with E-state index in [1.165, 1.54) is 18.2 Å². The van der Waals surface area contributed by atoms with Crippen LogP contribution in [-0.4, -0.2) is 20.6 Å². The Balaban J connectivity index is 2.16. The molecule has 1 amide bonds. The zero-order chi connectivity index (χ0) is 15.6. The number of nitrogens with one attached hydrogen (secondary N) is 1. The topological polar surface area (TPSA) is 90.1 Å². The summed E-state index contributed by atoms with van der Waals surface area (Å²) in [6.45, 7) is 3.76. The molecule has 1 atom stereocenters. The molecule has 7 heteroatoms. The van der Waals surface area contributed by atoms with Crippen molar-refractivity contribution in [1.82, 2.24) is 15.1 Å². The van der Waals surface area contributed by atoms with Crippen molar-refractivity contribution >= 4 is 11.6 Å². The zero-order valence-electron chi connectivity index (χ0n) is 12.0.